The molecule has 3 rings (SSSR count). The number of carbonyl (C=O) groups is 1. The zero-order valence-corrected chi connectivity index (χ0v) is 13.9. The number of ether oxygens (including phenoxy) is 1. The summed E-state index contributed by atoms with van der Waals surface area (Å²) in [6.07, 6.45) is 0.392. The first-order valence-corrected chi connectivity index (χ1v) is 8.55. The van der Waals surface area contributed by atoms with Gasteiger partial charge in [0, 0.05) is 31.5 Å². The van der Waals surface area contributed by atoms with Crippen LogP contribution in [0.25, 0.3) is 0 Å². The van der Waals surface area contributed by atoms with Gasteiger partial charge in [-0.15, -0.1) is 0 Å². The lowest BCUT2D eigenvalue weighted by molar-refractivity contribution is 0.106. The van der Waals surface area contributed by atoms with Crippen molar-refractivity contribution in [1.82, 2.24) is 10.6 Å². The Morgan fingerprint density at radius 3 is 2.25 bits per heavy atom. The highest BCUT2D eigenvalue weighted by molar-refractivity contribution is 5.67. The molecule has 1 fully saturated rings. The number of nitrogens with one attached hydrogen (secondary N) is 2. The standard InChI is InChI=1S/C20H24N2O2/c1-2-21-20(23)24-17-13-18(22-14-17)19(15-9-5-3-6-10-15)16-11-7-4-8-12-16/h3-12,17-19,22H,2,13-14H2,1H3,(H,21,23). The smallest absolute Gasteiger partial charge is 0.407 e. The molecule has 0 aromatic heterocycles. The summed E-state index contributed by atoms with van der Waals surface area (Å²) >= 11 is 0. The first-order valence-electron chi connectivity index (χ1n) is 8.55. The maximum absolute atomic E-state index is 11.7. The molecule has 1 aliphatic rings. The molecule has 1 amide bonds. The van der Waals surface area contributed by atoms with Crippen LogP contribution < -0.4 is 10.6 Å². The molecule has 0 aliphatic carbocycles. The molecule has 2 atom stereocenters. The summed E-state index contributed by atoms with van der Waals surface area (Å²) in [6.45, 7) is 3.16. The lowest BCUT2D eigenvalue weighted by atomic mass is 9.84. The van der Waals surface area contributed by atoms with Crippen molar-refractivity contribution >= 4 is 6.09 Å². The number of rotatable bonds is 5. The second kappa shape index (κ2) is 7.97. The van der Waals surface area contributed by atoms with Crippen LogP contribution in [0, 0.1) is 0 Å². The normalized spacial score (nSPS) is 20.1. The SMILES string of the molecule is CCNC(=O)OC1CNC(C(c2ccccc2)c2ccccc2)C1. The Morgan fingerprint density at radius 2 is 1.71 bits per heavy atom. The summed E-state index contributed by atoms with van der Waals surface area (Å²) in [7, 11) is 0. The van der Waals surface area contributed by atoms with Crippen LogP contribution in [0.1, 0.15) is 30.4 Å². The summed E-state index contributed by atoms with van der Waals surface area (Å²) in [5.74, 6) is 0.246. The fourth-order valence-electron chi connectivity index (χ4n) is 3.39. The van der Waals surface area contributed by atoms with E-state index in [1.165, 1.54) is 11.1 Å². The molecule has 1 heterocycles. The highest BCUT2D eigenvalue weighted by atomic mass is 16.6. The van der Waals surface area contributed by atoms with E-state index in [0.717, 1.165) is 6.42 Å². The van der Waals surface area contributed by atoms with Crippen LogP contribution in [-0.2, 0) is 4.74 Å². The van der Waals surface area contributed by atoms with Gasteiger partial charge in [0.2, 0.25) is 0 Å². The number of benzene rings is 2. The zero-order valence-electron chi connectivity index (χ0n) is 13.9. The van der Waals surface area contributed by atoms with Gasteiger partial charge >= 0.3 is 6.09 Å². The van der Waals surface area contributed by atoms with Crippen molar-refractivity contribution in [3.8, 4) is 0 Å². The van der Waals surface area contributed by atoms with E-state index < -0.39 is 0 Å². The van der Waals surface area contributed by atoms with Crippen molar-refractivity contribution in [2.24, 2.45) is 0 Å². The summed E-state index contributed by atoms with van der Waals surface area (Å²) in [5, 5.41) is 6.24. The van der Waals surface area contributed by atoms with Crippen LogP contribution in [0.4, 0.5) is 4.79 Å². The first-order chi connectivity index (χ1) is 11.8. The van der Waals surface area contributed by atoms with E-state index in [2.05, 4.69) is 59.2 Å². The van der Waals surface area contributed by atoms with Crippen LogP contribution in [0.2, 0.25) is 0 Å². The third-order valence-electron chi connectivity index (χ3n) is 4.44. The van der Waals surface area contributed by atoms with E-state index in [1.807, 2.05) is 19.1 Å². The fourth-order valence-corrected chi connectivity index (χ4v) is 3.39. The van der Waals surface area contributed by atoms with Crippen LogP contribution in [-0.4, -0.2) is 31.3 Å². The highest BCUT2D eigenvalue weighted by Gasteiger charge is 2.34. The van der Waals surface area contributed by atoms with Crippen molar-refractivity contribution in [3.63, 3.8) is 0 Å². The van der Waals surface area contributed by atoms with Gasteiger partial charge in [-0.05, 0) is 18.1 Å². The van der Waals surface area contributed by atoms with Crippen LogP contribution >= 0.6 is 0 Å². The van der Waals surface area contributed by atoms with Gasteiger partial charge < -0.3 is 15.4 Å². The third kappa shape index (κ3) is 3.95. The maximum Gasteiger partial charge on any atom is 0.407 e. The van der Waals surface area contributed by atoms with Crippen LogP contribution in [0.15, 0.2) is 60.7 Å². The highest BCUT2D eigenvalue weighted by Crippen LogP contribution is 2.32. The molecule has 2 unspecified atom stereocenters. The molecule has 4 nitrogen and oxygen atoms in total. The minimum Gasteiger partial charge on any atom is -0.445 e. The van der Waals surface area contributed by atoms with Crippen molar-refractivity contribution < 1.29 is 9.53 Å². The molecule has 0 bridgehead atoms. The Bertz CT molecular complexity index is 606. The van der Waals surface area contributed by atoms with Gasteiger partial charge in [0.05, 0.1) is 0 Å². The summed E-state index contributed by atoms with van der Waals surface area (Å²) in [5.41, 5.74) is 2.56. The lowest BCUT2D eigenvalue weighted by Gasteiger charge is -2.25. The molecular formula is C20H24N2O2. The van der Waals surface area contributed by atoms with Gasteiger partial charge in [0.1, 0.15) is 6.10 Å². The van der Waals surface area contributed by atoms with E-state index in [-0.39, 0.29) is 24.2 Å². The Hall–Kier alpha value is -2.33. The second-order valence-corrected chi connectivity index (χ2v) is 6.11. The van der Waals surface area contributed by atoms with Crippen LogP contribution in [0.3, 0.4) is 0 Å². The molecule has 24 heavy (non-hydrogen) atoms. The molecule has 0 spiro atoms. The monoisotopic (exact) mass is 324 g/mol. The largest absolute Gasteiger partial charge is 0.445 e. The zero-order chi connectivity index (χ0) is 16.8. The fraction of sp³-hybridized carbons (Fsp3) is 0.350. The number of carbonyl (C=O) groups excluding carboxylic acids is 1. The summed E-state index contributed by atoms with van der Waals surface area (Å²) in [6, 6.07) is 21.3. The van der Waals surface area contributed by atoms with Gasteiger partial charge in [-0.2, -0.15) is 0 Å². The molecule has 126 valence electrons. The predicted octanol–water partition coefficient (Wildman–Crippen LogP) is 3.30. The Labute approximate surface area is 143 Å². The second-order valence-electron chi connectivity index (χ2n) is 6.11. The maximum atomic E-state index is 11.7. The Morgan fingerprint density at radius 1 is 1.12 bits per heavy atom. The van der Waals surface area contributed by atoms with Gasteiger partial charge in [-0.25, -0.2) is 4.79 Å². The van der Waals surface area contributed by atoms with Gasteiger partial charge in [-0.1, -0.05) is 60.7 Å². The number of hydrogen-bond acceptors (Lipinski definition) is 3. The van der Waals surface area contributed by atoms with Gasteiger partial charge in [0.25, 0.3) is 0 Å². The topological polar surface area (TPSA) is 50.4 Å². The summed E-state index contributed by atoms with van der Waals surface area (Å²) < 4.78 is 5.49. The van der Waals surface area contributed by atoms with Crippen molar-refractivity contribution in [2.75, 3.05) is 13.1 Å². The Balaban J connectivity index is 1.77. The first kappa shape index (κ1) is 16.5. The molecule has 4 heteroatoms. The molecule has 0 radical (unpaired) electrons. The van der Waals surface area contributed by atoms with E-state index in [0.29, 0.717) is 13.1 Å². The minimum atomic E-state index is -0.332. The van der Waals surface area contributed by atoms with E-state index in [1.54, 1.807) is 0 Å². The van der Waals surface area contributed by atoms with Crippen molar-refractivity contribution in [1.29, 1.82) is 0 Å². The third-order valence-corrected chi connectivity index (χ3v) is 4.44. The molecule has 1 aliphatic heterocycles. The molecule has 0 saturated carbocycles. The molecule has 1 saturated heterocycles. The number of hydrogen-bond donors (Lipinski definition) is 2. The van der Waals surface area contributed by atoms with Gasteiger partial charge in [0.15, 0.2) is 0 Å². The quantitative estimate of drug-likeness (QED) is 0.887. The number of alkyl carbamates (subject to hydrolysis) is 1. The van der Waals surface area contributed by atoms with Crippen molar-refractivity contribution in [3.05, 3.63) is 71.8 Å². The van der Waals surface area contributed by atoms with E-state index >= 15 is 0 Å². The van der Waals surface area contributed by atoms with E-state index in [4.69, 9.17) is 4.74 Å². The number of amides is 1. The van der Waals surface area contributed by atoms with Crippen LogP contribution in [0.5, 0.6) is 0 Å². The van der Waals surface area contributed by atoms with E-state index in [9.17, 15) is 4.79 Å². The average Bonchev–Trinajstić information content (AvgIpc) is 3.05. The molecular weight excluding hydrogens is 300 g/mol. The van der Waals surface area contributed by atoms with Crippen molar-refractivity contribution in [2.45, 2.75) is 31.4 Å². The van der Waals surface area contributed by atoms with Gasteiger partial charge in [-0.3, -0.25) is 0 Å². The minimum absolute atomic E-state index is 0.0866. The predicted molar refractivity (Wildman–Crippen MR) is 95.1 cm³/mol. The Kier molecular flexibility index (Phi) is 5.49. The molecule has 2 aromatic carbocycles. The molecule has 2 N–H and O–H groups in total. The summed E-state index contributed by atoms with van der Waals surface area (Å²) in [4.78, 5) is 11.7. The molecule has 2 aromatic rings. The lowest BCUT2D eigenvalue weighted by Crippen LogP contribution is -2.30. The average molecular weight is 324 g/mol.